The van der Waals surface area contributed by atoms with Gasteiger partial charge in [-0.15, -0.1) is 11.3 Å². The van der Waals surface area contributed by atoms with Crippen molar-refractivity contribution in [2.45, 2.75) is 13.5 Å². The summed E-state index contributed by atoms with van der Waals surface area (Å²) in [6.07, 6.45) is 3.38. The van der Waals surface area contributed by atoms with Crippen LogP contribution in [0.25, 0.3) is 22.2 Å². The summed E-state index contributed by atoms with van der Waals surface area (Å²) in [4.78, 5) is 13.7. The second-order valence-corrected chi connectivity index (χ2v) is 6.04. The van der Waals surface area contributed by atoms with Crippen LogP contribution in [0.5, 0.6) is 0 Å². The van der Waals surface area contributed by atoms with E-state index in [1.54, 1.807) is 12.4 Å². The van der Waals surface area contributed by atoms with Gasteiger partial charge in [-0.3, -0.25) is 4.98 Å². The summed E-state index contributed by atoms with van der Waals surface area (Å²) in [5.41, 5.74) is 7.22. The van der Waals surface area contributed by atoms with Gasteiger partial charge in [0.1, 0.15) is 9.88 Å². The van der Waals surface area contributed by atoms with Gasteiger partial charge in [0.25, 0.3) is 5.89 Å². The fourth-order valence-corrected chi connectivity index (χ4v) is 2.94. The smallest absolute Gasteiger partial charge is 0.270 e. The highest BCUT2D eigenvalue weighted by Crippen LogP contribution is 2.30. The number of aromatic nitrogens is 4. The number of aryl methyl sites for hydroxylation is 1. The number of thiazole rings is 1. The van der Waals surface area contributed by atoms with Crippen LogP contribution in [0.15, 0.2) is 27.5 Å². The first-order chi connectivity index (χ1) is 9.67. The average molecular weight is 352 g/mol. The number of rotatable bonds is 3. The normalized spacial score (nSPS) is 10.9. The summed E-state index contributed by atoms with van der Waals surface area (Å²) in [5.74, 6) is 0.950. The summed E-state index contributed by atoms with van der Waals surface area (Å²) in [6, 6.07) is 1.88. The molecule has 6 nitrogen and oxygen atoms in total. The second-order valence-electron chi connectivity index (χ2n) is 4.04. The molecule has 0 saturated heterocycles. The average Bonchev–Trinajstić information content (AvgIpc) is 3.05. The minimum absolute atomic E-state index is 0.405. The largest absolute Gasteiger partial charge is 0.333 e. The molecule has 20 heavy (non-hydrogen) atoms. The Balaban J connectivity index is 1.99. The lowest BCUT2D eigenvalue weighted by molar-refractivity contribution is 0.433. The number of pyridine rings is 1. The highest BCUT2D eigenvalue weighted by atomic mass is 79.9. The Bertz CT molecular complexity index is 754. The molecular formula is C12H10BrN5OS. The molecule has 102 valence electrons. The Kier molecular flexibility index (Phi) is 3.60. The maximum Gasteiger partial charge on any atom is 0.270 e. The topological polar surface area (TPSA) is 90.7 Å². The standard InChI is InChI=1S/C12H10BrN5OS/c1-6-10(20-9(3-14)16-6)12-17-11(18-19-12)7-2-8(13)5-15-4-7/h2,4-5H,3,14H2,1H3. The summed E-state index contributed by atoms with van der Waals surface area (Å²) >= 11 is 4.83. The van der Waals surface area contributed by atoms with E-state index in [0.29, 0.717) is 18.3 Å². The molecule has 0 aromatic carbocycles. The molecular weight excluding hydrogens is 342 g/mol. The van der Waals surface area contributed by atoms with Crippen molar-refractivity contribution in [3.63, 3.8) is 0 Å². The van der Waals surface area contributed by atoms with Crippen molar-refractivity contribution in [1.29, 1.82) is 0 Å². The zero-order valence-corrected chi connectivity index (χ0v) is 12.9. The lowest BCUT2D eigenvalue weighted by Crippen LogP contribution is -1.94. The van der Waals surface area contributed by atoms with E-state index in [1.165, 1.54) is 11.3 Å². The Labute approximate surface area is 127 Å². The molecule has 0 aliphatic heterocycles. The van der Waals surface area contributed by atoms with Gasteiger partial charge in [0.05, 0.1) is 5.69 Å². The van der Waals surface area contributed by atoms with Crippen LogP contribution in [0, 0.1) is 6.92 Å². The number of halogens is 1. The minimum atomic E-state index is 0.405. The maximum atomic E-state index is 5.59. The number of nitrogens with two attached hydrogens (primary N) is 1. The minimum Gasteiger partial charge on any atom is -0.333 e. The van der Waals surface area contributed by atoms with Crippen LogP contribution in [0.4, 0.5) is 0 Å². The van der Waals surface area contributed by atoms with Crippen LogP contribution in [0.3, 0.4) is 0 Å². The molecule has 3 heterocycles. The van der Waals surface area contributed by atoms with Crippen LogP contribution in [-0.2, 0) is 6.54 Å². The van der Waals surface area contributed by atoms with E-state index in [9.17, 15) is 0 Å². The van der Waals surface area contributed by atoms with Crippen molar-refractivity contribution in [3.05, 3.63) is 33.6 Å². The van der Waals surface area contributed by atoms with Gasteiger partial charge in [-0.05, 0) is 28.9 Å². The molecule has 0 aliphatic carbocycles. The summed E-state index contributed by atoms with van der Waals surface area (Å²) in [6.45, 7) is 2.30. The van der Waals surface area contributed by atoms with Gasteiger partial charge < -0.3 is 10.3 Å². The molecule has 8 heteroatoms. The van der Waals surface area contributed by atoms with E-state index < -0.39 is 0 Å². The fraction of sp³-hybridized carbons (Fsp3) is 0.167. The lowest BCUT2D eigenvalue weighted by atomic mass is 10.3. The van der Waals surface area contributed by atoms with Crippen molar-refractivity contribution in [3.8, 4) is 22.2 Å². The lowest BCUT2D eigenvalue weighted by Gasteiger charge is -1.93. The highest BCUT2D eigenvalue weighted by molar-refractivity contribution is 9.10. The predicted molar refractivity (Wildman–Crippen MR) is 79.0 cm³/mol. The first-order valence-corrected chi connectivity index (χ1v) is 7.39. The van der Waals surface area contributed by atoms with Gasteiger partial charge in [0.2, 0.25) is 5.82 Å². The molecule has 0 amide bonds. The van der Waals surface area contributed by atoms with Gasteiger partial charge in [-0.25, -0.2) is 4.98 Å². The molecule has 0 spiro atoms. The SMILES string of the molecule is Cc1nc(CN)sc1-c1nc(-c2cncc(Br)c2)no1. The van der Waals surface area contributed by atoms with E-state index in [4.69, 9.17) is 10.3 Å². The van der Waals surface area contributed by atoms with Crippen LogP contribution in [0.2, 0.25) is 0 Å². The van der Waals surface area contributed by atoms with E-state index in [1.807, 2.05) is 13.0 Å². The Hall–Kier alpha value is -1.64. The molecule has 0 radical (unpaired) electrons. The molecule has 3 aromatic heterocycles. The Morgan fingerprint density at radius 2 is 2.20 bits per heavy atom. The molecule has 0 atom stereocenters. The second kappa shape index (κ2) is 5.39. The van der Waals surface area contributed by atoms with Gasteiger partial charge in [0, 0.05) is 29.0 Å². The highest BCUT2D eigenvalue weighted by Gasteiger charge is 2.16. The summed E-state index contributed by atoms with van der Waals surface area (Å²) < 4.78 is 6.17. The van der Waals surface area contributed by atoms with E-state index in [2.05, 4.69) is 36.0 Å². The zero-order valence-electron chi connectivity index (χ0n) is 10.5. The third-order valence-corrected chi connectivity index (χ3v) is 4.20. The molecule has 0 fully saturated rings. The molecule has 0 saturated carbocycles. The molecule has 0 unspecified atom stereocenters. The molecule has 3 rings (SSSR count). The molecule has 2 N–H and O–H groups in total. The first kappa shape index (κ1) is 13.3. The molecule has 0 bridgehead atoms. The number of hydrogen-bond donors (Lipinski definition) is 1. The van der Waals surface area contributed by atoms with Crippen LogP contribution in [-0.4, -0.2) is 20.1 Å². The molecule has 0 aliphatic rings. The predicted octanol–water partition coefficient (Wildman–Crippen LogP) is 2.78. The van der Waals surface area contributed by atoms with Gasteiger partial charge in [-0.1, -0.05) is 5.16 Å². The van der Waals surface area contributed by atoms with Crippen LogP contribution < -0.4 is 5.73 Å². The van der Waals surface area contributed by atoms with Crippen molar-refractivity contribution in [2.75, 3.05) is 0 Å². The summed E-state index contributed by atoms with van der Waals surface area (Å²) in [5, 5.41) is 4.83. The summed E-state index contributed by atoms with van der Waals surface area (Å²) in [7, 11) is 0. The quantitative estimate of drug-likeness (QED) is 0.779. The van der Waals surface area contributed by atoms with Crippen molar-refractivity contribution < 1.29 is 4.52 Å². The number of hydrogen-bond acceptors (Lipinski definition) is 7. The Morgan fingerprint density at radius 3 is 2.90 bits per heavy atom. The maximum absolute atomic E-state index is 5.59. The van der Waals surface area contributed by atoms with E-state index in [0.717, 1.165) is 25.6 Å². The van der Waals surface area contributed by atoms with Crippen LogP contribution in [0.1, 0.15) is 10.7 Å². The van der Waals surface area contributed by atoms with Gasteiger partial charge in [0.15, 0.2) is 0 Å². The van der Waals surface area contributed by atoms with E-state index >= 15 is 0 Å². The third-order valence-electron chi connectivity index (χ3n) is 2.60. The first-order valence-electron chi connectivity index (χ1n) is 5.78. The van der Waals surface area contributed by atoms with Crippen molar-refractivity contribution in [2.24, 2.45) is 5.73 Å². The van der Waals surface area contributed by atoms with Gasteiger partial charge in [-0.2, -0.15) is 4.98 Å². The number of nitrogens with zero attached hydrogens (tertiary/aromatic N) is 4. The third kappa shape index (κ3) is 2.49. The van der Waals surface area contributed by atoms with Gasteiger partial charge >= 0.3 is 0 Å². The zero-order chi connectivity index (χ0) is 14.1. The molecule has 3 aromatic rings. The fourth-order valence-electron chi connectivity index (χ4n) is 1.71. The van der Waals surface area contributed by atoms with E-state index in [-0.39, 0.29) is 0 Å². The van der Waals surface area contributed by atoms with Crippen molar-refractivity contribution >= 4 is 27.3 Å². The van der Waals surface area contributed by atoms with Crippen molar-refractivity contribution in [1.82, 2.24) is 20.1 Å². The Morgan fingerprint density at radius 1 is 1.35 bits per heavy atom. The monoisotopic (exact) mass is 351 g/mol. The van der Waals surface area contributed by atoms with Crippen LogP contribution >= 0.6 is 27.3 Å².